The monoisotopic (exact) mass is 225 g/mol. The highest BCUT2D eigenvalue weighted by atomic mass is 15.1. The van der Waals surface area contributed by atoms with Crippen molar-refractivity contribution in [3.8, 4) is 0 Å². The molecule has 2 aromatic rings. The van der Waals surface area contributed by atoms with Crippen molar-refractivity contribution in [1.29, 1.82) is 0 Å². The van der Waals surface area contributed by atoms with Gasteiger partial charge in [-0.25, -0.2) is 0 Å². The highest BCUT2D eigenvalue weighted by Crippen LogP contribution is 2.06. The molecule has 3 heteroatoms. The number of nitrogens with zero attached hydrogens (tertiary/aromatic N) is 3. The van der Waals surface area contributed by atoms with E-state index in [0.717, 1.165) is 24.5 Å². The smallest absolute Gasteiger partial charge is 0.0600 e. The van der Waals surface area contributed by atoms with Crippen LogP contribution in [-0.2, 0) is 13.1 Å². The zero-order valence-corrected chi connectivity index (χ0v) is 9.66. The third-order valence-corrected chi connectivity index (χ3v) is 2.44. The fourth-order valence-electron chi connectivity index (χ4n) is 1.58. The lowest BCUT2D eigenvalue weighted by atomic mass is 10.3. The largest absolute Gasteiger partial charge is 0.366 e. The number of aromatic nitrogens is 2. The summed E-state index contributed by atoms with van der Waals surface area (Å²) < 4.78 is 0. The minimum absolute atomic E-state index is 0.751. The summed E-state index contributed by atoms with van der Waals surface area (Å²) in [4.78, 5) is 10.7. The van der Waals surface area contributed by atoms with Crippen molar-refractivity contribution in [1.82, 2.24) is 14.9 Å². The Bertz CT molecular complexity index is 412. The molecule has 0 aliphatic carbocycles. The van der Waals surface area contributed by atoms with E-state index >= 15 is 0 Å². The molecule has 0 saturated carbocycles. The van der Waals surface area contributed by atoms with E-state index in [1.165, 1.54) is 0 Å². The molecule has 0 radical (unpaired) electrons. The molecule has 0 atom stereocenters. The first-order valence-electron chi connectivity index (χ1n) is 5.55. The van der Waals surface area contributed by atoms with Crippen LogP contribution in [0.25, 0.3) is 0 Å². The summed E-state index contributed by atoms with van der Waals surface area (Å²) in [6, 6.07) is 11.8. The molecule has 2 aromatic heterocycles. The van der Waals surface area contributed by atoms with Gasteiger partial charge in [-0.2, -0.15) is 0 Å². The molecule has 0 N–H and O–H groups in total. The number of hydrogen-bond acceptors (Lipinski definition) is 3. The van der Waals surface area contributed by atoms with Gasteiger partial charge in [0.25, 0.3) is 0 Å². The number of pyridine rings is 2. The molecule has 0 spiro atoms. The molecule has 0 aliphatic heterocycles. The summed E-state index contributed by atoms with van der Waals surface area (Å²) in [6.07, 6.45) is 5.43. The third-order valence-electron chi connectivity index (χ3n) is 2.44. The molecular weight excluding hydrogens is 210 g/mol. The molecule has 3 nitrogen and oxygen atoms in total. The molecule has 0 aromatic carbocycles. The highest BCUT2D eigenvalue weighted by molar-refractivity contribution is 5.07. The maximum absolute atomic E-state index is 4.30. The van der Waals surface area contributed by atoms with Crippen LogP contribution in [0.15, 0.2) is 61.6 Å². The van der Waals surface area contributed by atoms with Crippen LogP contribution in [0.2, 0.25) is 0 Å². The summed E-state index contributed by atoms with van der Waals surface area (Å²) in [7, 11) is 0. The maximum Gasteiger partial charge on any atom is 0.0600 e. The molecule has 17 heavy (non-hydrogen) atoms. The first kappa shape index (κ1) is 11.3. The molecule has 0 amide bonds. The zero-order valence-electron chi connectivity index (χ0n) is 9.66. The fourth-order valence-corrected chi connectivity index (χ4v) is 1.58. The van der Waals surface area contributed by atoms with Crippen LogP contribution in [0.5, 0.6) is 0 Å². The lowest BCUT2D eigenvalue weighted by Gasteiger charge is -2.18. The molecule has 0 bridgehead atoms. The normalized spacial score (nSPS) is 9.88. The molecule has 86 valence electrons. The van der Waals surface area contributed by atoms with Crippen LogP contribution in [0.1, 0.15) is 11.4 Å². The van der Waals surface area contributed by atoms with E-state index in [9.17, 15) is 0 Å². The quantitative estimate of drug-likeness (QED) is 0.783. The van der Waals surface area contributed by atoms with E-state index in [0.29, 0.717) is 0 Å². The third kappa shape index (κ3) is 3.41. The Morgan fingerprint density at radius 2 is 1.47 bits per heavy atom. The summed E-state index contributed by atoms with van der Waals surface area (Å²) >= 11 is 0. The van der Waals surface area contributed by atoms with E-state index in [1.54, 1.807) is 12.4 Å². The summed E-state index contributed by atoms with van der Waals surface area (Å²) in [5.74, 6) is 0. The van der Waals surface area contributed by atoms with E-state index < -0.39 is 0 Å². The van der Waals surface area contributed by atoms with Crippen LogP contribution < -0.4 is 0 Å². The molecule has 0 fully saturated rings. The highest BCUT2D eigenvalue weighted by Gasteiger charge is 2.03. The fraction of sp³-hybridized carbons (Fsp3) is 0.143. The molecule has 2 heterocycles. The Morgan fingerprint density at radius 1 is 0.941 bits per heavy atom. The average molecular weight is 225 g/mol. The Labute approximate surface area is 101 Å². The lowest BCUT2D eigenvalue weighted by Crippen LogP contribution is -2.17. The van der Waals surface area contributed by atoms with Crippen LogP contribution in [-0.4, -0.2) is 14.9 Å². The van der Waals surface area contributed by atoms with Gasteiger partial charge in [-0.3, -0.25) is 9.97 Å². The van der Waals surface area contributed by atoms with Gasteiger partial charge in [0, 0.05) is 12.4 Å². The van der Waals surface area contributed by atoms with Gasteiger partial charge in [-0.1, -0.05) is 18.7 Å². The van der Waals surface area contributed by atoms with E-state index in [-0.39, 0.29) is 0 Å². The van der Waals surface area contributed by atoms with Gasteiger partial charge >= 0.3 is 0 Å². The van der Waals surface area contributed by atoms with Gasteiger partial charge < -0.3 is 4.90 Å². The topological polar surface area (TPSA) is 29.0 Å². The molecule has 0 aliphatic rings. The number of hydrogen-bond donors (Lipinski definition) is 0. The van der Waals surface area contributed by atoms with Gasteiger partial charge in [-0.15, -0.1) is 0 Å². The minimum Gasteiger partial charge on any atom is -0.366 e. The van der Waals surface area contributed by atoms with Gasteiger partial charge in [-0.05, 0) is 30.5 Å². The van der Waals surface area contributed by atoms with Crippen molar-refractivity contribution < 1.29 is 0 Å². The van der Waals surface area contributed by atoms with Gasteiger partial charge in [0.05, 0.1) is 24.5 Å². The Hall–Kier alpha value is -2.16. The van der Waals surface area contributed by atoms with Gasteiger partial charge in [0.1, 0.15) is 0 Å². The predicted octanol–water partition coefficient (Wildman–Crippen LogP) is 2.62. The van der Waals surface area contributed by atoms with Crippen LogP contribution in [0.4, 0.5) is 0 Å². The first-order valence-corrected chi connectivity index (χ1v) is 5.55. The first-order chi connectivity index (χ1) is 8.38. The standard InChI is InChI=1S/C14H15N3/c1-2-17(11-13-7-3-5-9-15-13)12-14-8-4-6-10-16-14/h2-10H,1,11-12H2. The lowest BCUT2D eigenvalue weighted by molar-refractivity contribution is 0.354. The molecule has 0 saturated heterocycles. The van der Waals surface area contributed by atoms with Gasteiger partial charge in [0.2, 0.25) is 0 Å². The van der Waals surface area contributed by atoms with Crippen LogP contribution in [0.3, 0.4) is 0 Å². The second-order valence-electron chi connectivity index (χ2n) is 3.73. The second-order valence-corrected chi connectivity index (χ2v) is 3.73. The van der Waals surface area contributed by atoms with Crippen molar-refractivity contribution >= 4 is 0 Å². The summed E-state index contributed by atoms with van der Waals surface area (Å²) in [5, 5.41) is 0. The van der Waals surface area contributed by atoms with Gasteiger partial charge in [0.15, 0.2) is 0 Å². The van der Waals surface area contributed by atoms with Crippen molar-refractivity contribution in [3.05, 3.63) is 73.0 Å². The minimum atomic E-state index is 0.751. The van der Waals surface area contributed by atoms with E-state index in [1.807, 2.05) is 42.6 Å². The van der Waals surface area contributed by atoms with Crippen molar-refractivity contribution in [2.45, 2.75) is 13.1 Å². The van der Waals surface area contributed by atoms with Crippen LogP contribution in [0, 0.1) is 0 Å². The zero-order chi connectivity index (χ0) is 11.9. The molecule has 0 unspecified atom stereocenters. The average Bonchev–Trinajstić information content (AvgIpc) is 2.40. The van der Waals surface area contributed by atoms with Crippen molar-refractivity contribution in [3.63, 3.8) is 0 Å². The molecule has 2 rings (SSSR count). The van der Waals surface area contributed by atoms with Crippen molar-refractivity contribution in [2.24, 2.45) is 0 Å². The Balaban J connectivity index is 2.01. The Kier molecular flexibility index (Phi) is 3.86. The maximum atomic E-state index is 4.30. The number of rotatable bonds is 5. The summed E-state index contributed by atoms with van der Waals surface area (Å²) in [5.41, 5.74) is 2.06. The van der Waals surface area contributed by atoms with Crippen molar-refractivity contribution in [2.75, 3.05) is 0 Å². The SMILES string of the molecule is C=CN(Cc1ccccn1)Cc1ccccn1. The van der Waals surface area contributed by atoms with E-state index in [2.05, 4.69) is 21.4 Å². The van der Waals surface area contributed by atoms with Crippen LogP contribution >= 0.6 is 0 Å². The Morgan fingerprint density at radius 3 is 1.82 bits per heavy atom. The molecular formula is C14H15N3. The summed E-state index contributed by atoms with van der Waals surface area (Å²) in [6.45, 7) is 5.33. The predicted molar refractivity (Wildman–Crippen MR) is 67.9 cm³/mol. The second kappa shape index (κ2) is 5.80. The van der Waals surface area contributed by atoms with E-state index in [4.69, 9.17) is 0 Å².